The number of benzene rings is 1. The first kappa shape index (κ1) is 21.7. The van der Waals surface area contributed by atoms with E-state index in [1.54, 1.807) is 0 Å². The minimum atomic E-state index is -0.391. The lowest BCUT2D eigenvalue weighted by atomic mass is 10.0. The summed E-state index contributed by atoms with van der Waals surface area (Å²) in [5.41, 5.74) is 3.91. The van der Waals surface area contributed by atoms with Gasteiger partial charge >= 0.3 is 5.97 Å². The average Bonchev–Trinajstić information content (AvgIpc) is 2.60. The molecule has 0 amide bonds. The van der Waals surface area contributed by atoms with Gasteiger partial charge in [-0.1, -0.05) is 32.0 Å². The first-order valence-electron chi connectivity index (χ1n) is 8.84. The molecule has 1 aromatic carbocycles. The molecule has 6 heteroatoms. The van der Waals surface area contributed by atoms with E-state index in [4.69, 9.17) is 14.2 Å². The molecular weight excluding hydrogens is 342 g/mol. The van der Waals surface area contributed by atoms with Crippen LogP contribution in [-0.2, 0) is 14.3 Å². The first-order chi connectivity index (χ1) is 11.5. The molecule has 1 aliphatic heterocycles. The van der Waals surface area contributed by atoms with Gasteiger partial charge in [-0.3, -0.25) is 0 Å². The van der Waals surface area contributed by atoms with Crippen LogP contribution in [0.1, 0.15) is 40.0 Å². The number of cyclic esters (lactones) is 1. The van der Waals surface area contributed by atoms with Crippen molar-refractivity contribution in [1.29, 1.82) is 0 Å². The van der Waals surface area contributed by atoms with Crippen molar-refractivity contribution in [3.05, 3.63) is 30.3 Å². The molecule has 0 saturated carbocycles. The largest absolute Gasteiger partial charge is 1.00 e. The molecule has 4 atom stereocenters. The van der Waals surface area contributed by atoms with E-state index >= 15 is 0 Å². The van der Waals surface area contributed by atoms with Gasteiger partial charge in [0.2, 0.25) is 0 Å². The lowest BCUT2D eigenvalue weighted by Crippen LogP contribution is -3.00. The van der Waals surface area contributed by atoms with Crippen LogP contribution in [0.25, 0.3) is 0 Å². The van der Waals surface area contributed by atoms with E-state index in [1.807, 2.05) is 37.3 Å². The summed E-state index contributed by atoms with van der Waals surface area (Å²) < 4.78 is 17.9. The van der Waals surface area contributed by atoms with Crippen LogP contribution in [0.5, 0.6) is 5.75 Å². The minimum Gasteiger partial charge on any atom is -1.00 e. The van der Waals surface area contributed by atoms with Crippen molar-refractivity contribution < 1.29 is 37.1 Å². The van der Waals surface area contributed by atoms with E-state index in [0.29, 0.717) is 18.9 Å². The Morgan fingerprint density at radius 1 is 1.24 bits per heavy atom. The van der Waals surface area contributed by atoms with Crippen LogP contribution < -0.4 is 22.9 Å². The van der Waals surface area contributed by atoms with Gasteiger partial charge in [0.1, 0.15) is 11.9 Å². The molecule has 5 nitrogen and oxygen atoms in total. The quantitative estimate of drug-likeness (QED) is 0.688. The molecule has 25 heavy (non-hydrogen) atoms. The second kappa shape index (κ2) is 10.6. The van der Waals surface area contributed by atoms with Gasteiger partial charge in [-0.25, -0.2) is 4.79 Å². The van der Waals surface area contributed by atoms with Crippen LogP contribution in [0, 0.1) is 5.92 Å². The van der Waals surface area contributed by atoms with Crippen LogP contribution in [-0.4, -0.2) is 36.9 Å². The SMILES string of the molecule is CC(C)CO[C@H]1CCC[C@H]([NH3+])C(=O)O[C@@H](C)[C@@H]1Oc1ccccc1.[Cl-]. The van der Waals surface area contributed by atoms with Crippen molar-refractivity contribution in [3.8, 4) is 5.75 Å². The third-order valence-electron chi connectivity index (χ3n) is 4.16. The van der Waals surface area contributed by atoms with Crippen molar-refractivity contribution in [3.63, 3.8) is 0 Å². The van der Waals surface area contributed by atoms with E-state index in [1.165, 1.54) is 0 Å². The molecule has 1 aliphatic rings. The van der Waals surface area contributed by atoms with E-state index in [-0.39, 0.29) is 36.6 Å². The highest BCUT2D eigenvalue weighted by atomic mass is 35.5. The number of para-hydroxylation sites is 1. The molecule has 0 unspecified atom stereocenters. The fourth-order valence-electron chi connectivity index (χ4n) is 2.82. The van der Waals surface area contributed by atoms with Gasteiger partial charge in [-0.2, -0.15) is 0 Å². The Kier molecular flexibility index (Phi) is 9.25. The summed E-state index contributed by atoms with van der Waals surface area (Å²) in [6, 6.07) is 9.29. The highest BCUT2D eigenvalue weighted by Crippen LogP contribution is 2.23. The summed E-state index contributed by atoms with van der Waals surface area (Å²) in [6.07, 6.45) is 1.58. The molecule has 1 saturated heterocycles. The van der Waals surface area contributed by atoms with Gasteiger partial charge in [0.25, 0.3) is 0 Å². The van der Waals surface area contributed by atoms with Crippen molar-refractivity contribution >= 4 is 5.97 Å². The van der Waals surface area contributed by atoms with Crippen LogP contribution in [0.4, 0.5) is 0 Å². The Morgan fingerprint density at radius 3 is 2.56 bits per heavy atom. The van der Waals surface area contributed by atoms with Crippen molar-refractivity contribution in [2.45, 2.75) is 64.4 Å². The van der Waals surface area contributed by atoms with Crippen molar-refractivity contribution in [1.82, 2.24) is 0 Å². The number of halogens is 1. The van der Waals surface area contributed by atoms with Crippen molar-refractivity contribution in [2.24, 2.45) is 5.92 Å². The summed E-state index contributed by atoms with van der Waals surface area (Å²) >= 11 is 0. The first-order valence-corrected chi connectivity index (χ1v) is 8.84. The molecule has 0 aliphatic carbocycles. The number of ether oxygens (including phenoxy) is 3. The monoisotopic (exact) mass is 371 g/mol. The maximum absolute atomic E-state index is 12.1. The lowest BCUT2D eigenvalue weighted by molar-refractivity contribution is -0.410. The summed E-state index contributed by atoms with van der Waals surface area (Å²) in [5, 5.41) is 0. The Hall–Kier alpha value is -1.30. The van der Waals surface area contributed by atoms with Crippen molar-refractivity contribution in [2.75, 3.05) is 6.61 Å². The Morgan fingerprint density at radius 2 is 1.92 bits per heavy atom. The molecule has 1 heterocycles. The van der Waals surface area contributed by atoms with Gasteiger partial charge in [0.15, 0.2) is 12.1 Å². The second-order valence-corrected chi connectivity index (χ2v) is 6.93. The number of hydrogen-bond acceptors (Lipinski definition) is 4. The molecule has 1 aromatic rings. The molecule has 142 valence electrons. The average molecular weight is 372 g/mol. The van der Waals surface area contributed by atoms with Gasteiger partial charge in [-0.05, 0) is 37.8 Å². The molecule has 0 spiro atoms. The zero-order chi connectivity index (χ0) is 17.5. The highest BCUT2D eigenvalue weighted by molar-refractivity contribution is 5.74. The van der Waals surface area contributed by atoms with Crippen LogP contribution in [0.15, 0.2) is 30.3 Å². The number of rotatable bonds is 5. The normalized spacial score (nSPS) is 27.5. The predicted octanol–water partition coefficient (Wildman–Crippen LogP) is -0.795. The molecule has 1 fully saturated rings. The smallest absolute Gasteiger partial charge is 0.365 e. The van der Waals surface area contributed by atoms with Crippen LogP contribution >= 0.6 is 0 Å². The molecule has 0 aromatic heterocycles. The van der Waals surface area contributed by atoms with Gasteiger partial charge in [-0.15, -0.1) is 0 Å². The maximum atomic E-state index is 12.1. The Balaban J connectivity index is 0.00000312. The fourth-order valence-corrected chi connectivity index (χ4v) is 2.82. The third-order valence-corrected chi connectivity index (χ3v) is 4.16. The van der Waals surface area contributed by atoms with E-state index in [2.05, 4.69) is 19.6 Å². The molecule has 0 radical (unpaired) electrons. The molecule has 3 N–H and O–H groups in total. The lowest BCUT2D eigenvalue weighted by Gasteiger charge is -2.31. The summed E-state index contributed by atoms with van der Waals surface area (Å²) in [5.74, 6) is 0.941. The van der Waals surface area contributed by atoms with Crippen LogP contribution in [0.2, 0.25) is 0 Å². The standard InChI is InChI=1S/C19H29NO4.ClH/c1-13(2)12-22-17-11-7-10-16(20)19(21)23-14(3)18(17)24-15-8-5-4-6-9-15;/h4-6,8-9,13-14,16-18H,7,10-12,20H2,1-3H3;1H/t14-,16-,17-,18-;/m0./s1. The fraction of sp³-hybridized carbons (Fsp3) is 0.632. The molecule has 2 rings (SSSR count). The predicted molar refractivity (Wildman–Crippen MR) is 91.5 cm³/mol. The Bertz CT molecular complexity index is 511. The Labute approximate surface area is 156 Å². The summed E-state index contributed by atoms with van der Waals surface area (Å²) in [6.45, 7) is 6.78. The van der Waals surface area contributed by atoms with Crippen LogP contribution in [0.3, 0.4) is 0 Å². The molecular formula is C19H30ClNO4. The van der Waals surface area contributed by atoms with Gasteiger partial charge in [0.05, 0.1) is 6.10 Å². The topological polar surface area (TPSA) is 72.4 Å². The summed E-state index contributed by atoms with van der Waals surface area (Å²) in [4.78, 5) is 12.1. The van der Waals surface area contributed by atoms with Gasteiger partial charge < -0.3 is 32.4 Å². The second-order valence-electron chi connectivity index (χ2n) is 6.93. The number of carbonyl (C=O) groups excluding carboxylic acids is 1. The number of carbonyl (C=O) groups is 1. The summed E-state index contributed by atoms with van der Waals surface area (Å²) in [7, 11) is 0. The minimum absolute atomic E-state index is 0. The van der Waals surface area contributed by atoms with E-state index in [9.17, 15) is 4.79 Å². The number of esters is 1. The number of hydrogen-bond donors (Lipinski definition) is 1. The van der Waals surface area contributed by atoms with E-state index in [0.717, 1.165) is 18.6 Å². The number of quaternary nitrogens is 1. The van der Waals surface area contributed by atoms with Gasteiger partial charge in [0, 0.05) is 13.0 Å². The zero-order valence-electron chi connectivity index (χ0n) is 15.3. The zero-order valence-corrected chi connectivity index (χ0v) is 16.1. The van der Waals surface area contributed by atoms with E-state index < -0.39 is 6.10 Å². The molecule has 0 bridgehead atoms. The third kappa shape index (κ3) is 6.84. The maximum Gasteiger partial charge on any atom is 0.365 e. The highest BCUT2D eigenvalue weighted by Gasteiger charge is 2.36.